The summed E-state index contributed by atoms with van der Waals surface area (Å²) in [5.41, 5.74) is 7.31. The van der Waals surface area contributed by atoms with Gasteiger partial charge in [-0.3, -0.25) is 4.79 Å². The lowest BCUT2D eigenvalue weighted by atomic mass is 9.97. The summed E-state index contributed by atoms with van der Waals surface area (Å²) in [7, 11) is 2.16. The summed E-state index contributed by atoms with van der Waals surface area (Å²) in [6.07, 6.45) is 4.07. The third kappa shape index (κ3) is 4.86. The largest absolute Gasteiger partial charge is 0.383 e. The van der Waals surface area contributed by atoms with Crippen LogP contribution in [0.5, 0.6) is 0 Å². The molecule has 30 heavy (non-hydrogen) atoms. The molecule has 156 valence electrons. The number of rotatable bonds is 6. The molecule has 0 atom stereocenters. The summed E-state index contributed by atoms with van der Waals surface area (Å²) in [4.78, 5) is 23.5. The highest BCUT2D eigenvalue weighted by Crippen LogP contribution is 2.20. The van der Waals surface area contributed by atoms with Crippen LogP contribution in [-0.4, -0.2) is 47.5 Å². The molecule has 1 aromatic carbocycles. The van der Waals surface area contributed by atoms with E-state index in [2.05, 4.69) is 32.5 Å². The summed E-state index contributed by atoms with van der Waals surface area (Å²) < 4.78 is 0. The van der Waals surface area contributed by atoms with Crippen molar-refractivity contribution in [2.45, 2.75) is 19.4 Å². The molecule has 3 heterocycles. The fraction of sp³-hybridized carbons (Fsp3) is 0.348. The molecule has 0 bridgehead atoms. The van der Waals surface area contributed by atoms with Crippen LogP contribution in [0.4, 0.5) is 11.6 Å². The second-order valence-corrected chi connectivity index (χ2v) is 7.97. The molecular formula is C23H28N6O. The minimum absolute atomic E-state index is 0.188. The average molecular weight is 405 g/mol. The Bertz CT molecular complexity index is 1030. The smallest absolute Gasteiger partial charge is 0.270 e. The Morgan fingerprint density at radius 1 is 1.20 bits per heavy atom. The first-order valence-electron chi connectivity index (χ1n) is 10.4. The number of nitrogens with one attached hydrogen (secondary N) is 2. The van der Waals surface area contributed by atoms with Crippen LogP contribution in [0.3, 0.4) is 0 Å². The summed E-state index contributed by atoms with van der Waals surface area (Å²) in [5.74, 6) is 1.72. The van der Waals surface area contributed by atoms with Gasteiger partial charge in [0, 0.05) is 24.7 Å². The van der Waals surface area contributed by atoms with E-state index in [4.69, 9.17) is 5.73 Å². The number of aromatic nitrogens is 2. The van der Waals surface area contributed by atoms with Gasteiger partial charge in [0.25, 0.3) is 5.91 Å². The molecule has 7 nitrogen and oxygen atoms in total. The lowest BCUT2D eigenvalue weighted by Gasteiger charge is -2.29. The maximum atomic E-state index is 12.6. The fourth-order valence-corrected chi connectivity index (χ4v) is 3.81. The van der Waals surface area contributed by atoms with Gasteiger partial charge in [0.15, 0.2) is 0 Å². The fourth-order valence-electron chi connectivity index (χ4n) is 3.81. The van der Waals surface area contributed by atoms with Crippen LogP contribution in [0, 0.1) is 5.92 Å². The van der Waals surface area contributed by atoms with Gasteiger partial charge in [-0.15, -0.1) is 0 Å². The molecule has 4 N–H and O–H groups in total. The first-order valence-corrected chi connectivity index (χ1v) is 10.4. The predicted octanol–water partition coefficient (Wildman–Crippen LogP) is 2.90. The first-order chi connectivity index (χ1) is 14.6. The molecule has 0 aliphatic carbocycles. The van der Waals surface area contributed by atoms with Gasteiger partial charge in [-0.25, -0.2) is 9.97 Å². The van der Waals surface area contributed by atoms with Crippen LogP contribution in [0.1, 0.15) is 28.9 Å². The zero-order valence-electron chi connectivity index (χ0n) is 17.3. The van der Waals surface area contributed by atoms with Crippen molar-refractivity contribution in [2.75, 3.05) is 37.7 Å². The molecule has 1 aliphatic rings. The van der Waals surface area contributed by atoms with E-state index < -0.39 is 0 Å². The first kappa shape index (κ1) is 20.1. The number of benzene rings is 1. The number of nitrogen functional groups attached to an aromatic ring is 1. The average Bonchev–Trinajstić information content (AvgIpc) is 2.77. The summed E-state index contributed by atoms with van der Waals surface area (Å²) in [6.45, 7) is 3.59. The maximum absolute atomic E-state index is 12.6. The number of nitrogens with two attached hydrogens (primary N) is 1. The van der Waals surface area contributed by atoms with E-state index in [0.29, 0.717) is 24.0 Å². The maximum Gasteiger partial charge on any atom is 0.270 e. The molecule has 0 spiro atoms. The molecule has 7 heteroatoms. The van der Waals surface area contributed by atoms with Crippen LogP contribution < -0.4 is 16.4 Å². The van der Waals surface area contributed by atoms with Crippen molar-refractivity contribution in [3.63, 3.8) is 0 Å². The van der Waals surface area contributed by atoms with E-state index in [-0.39, 0.29) is 5.91 Å². The monoisotopic (exact) mass is 404 g/mol. The molecule has 1 amide bonds. The van der Waals surface area contributed by atoms with E-state index in [0.717, 1.165) is 41.8 Å². The van der Waals surface area contributed by atoms with Gasteiger partial charge < -0.3 is 21.3 Å². The summed E-state index contributed by atoms with van der Waals surface area (Å²) in [6, 6.07) is 13.3. The minimum atomic E-state index is -0.188. The third-order valence-electron chi connectivity index (χ3n) is 5.70. The third-order valence-corrected chi connectivity index (χ3v) is 5.70. The van der Waals surface area contributed by atoms with Gasteiger partial charge in [0.2, 0.25) is 0 Å². The van der Waals surface area contributed by atoms with Crippen LogP contribution in [0.25, 0.3) is 10.8 Å². The molecule has 1 aliphatic heterocycles. The number of hydrogen-bond acceptors (Lipinski definition) is 6. The number of likely N-dealkylation sites (tertiary alicyclic amines) is 1. The molecule has 2 aromatic heterocycles. The Balaban J connectivity index is 1.34. The summed E-state index contributed by atoms with van der Waals surface area (Å²) >= 11 is 0. The standard InChI is InChI=1S/C23H28N6O/c1-29-11-8-16(9-12-29)14-26-21-4-2-3-20(28-21)23(30)27-15-17-5-6-19-18(13-17)7-10-25-22(19)24/h2-7,10,13,16H,8-9,11-12,14-15H2,1H3,(H2,24,25)(H,26,28)(H,27,30). The van der Waals surface area contributed by atoms with Gasteiger partial charge >= 0.3 is 0 Å². The van der Waals surface area contributed by atoms with Crippen LogP contribution in [-0.2, 0) is 6.54 Å². The zero-order valence-corrected chi connectivity index (χ0v) is 17.3. The number of nitrogens with zero attached hydrogens (tertiary/aromatic N) is 3. The normalized spacial score (nSPS) is 15.2. The zero-order chi connectivity index (χ0) is 20.9. The minimum Gasteiger partial charge on any atom is -0.383 e. The molecule has 3 aromatic rings. The highest BCUT2D eigenvalue weighted by atomic mass is 16.1. The molecule has 4 rings (SSSR count). The number of amides is 1. The van der Waals surface area contributed by atoms with Gasteiger partial charge in [0.1, 0.15) is 17.3 Å². The lowest BCUT2D eigenvalue weighted by molar-refractivity contribution is 0.0946. The Labute approximate surface area is 176 Å². The number of anilines is 2. The Hall–Kier alpha value is -3.19. The number of piperidine rings is 1. The second-order valence-electron chi connectivity index (χ2n) is 7.97. The van der Waals surface area contributed by atoms with Crippen molar-refractivity contribution in [1.82, 2.24) is 20.2 Å². The van der Waals surface area contributed by atoms with E-state index in [1.165, 1.54) is 12.8 Å². The van der Waals surface area contributed by atoms with E-state index in [9.17, 15) is 4.79 Å². The highest BCUT2D eigenvalue weighted by Gasteiger charge is 2.16. The predicted molar refractivity (Wildman–Crippen MR) is 120 cm³/mol. The number of hydrogen-bond donors (Lipinski definition) is 3. The molecule has 1 saturated heterocycles. The molecule has 0 radical (unpaired) electrons. The van der Waals surface area contributed by atoms with Crippen molar-refractivity contribution >= 4 is 28.3 Å². The second kappa shape index (κ2) is 9.09. The number of carbonyl (C=O) groups is 1. The molecule has 1 fully saturated rings. The Morgan fingerprint density at radius 3 is 2.87 bits per heavy atom. The van der Waals surface area contributed by atoms with Gasteiger partial charge in [0.05, 0.1) is 0 Å². The van der Waals surface area contributed by atoms with Crippen molar-refractivity contribution in [3.05, 3.63) is 59.9 Å². The van der Waals surface area contributed by atoms with Gasteiger partial charge in [-0.05, 0) is 74.1 Å². The molecule has 0 saturated carbocycles. The van der Waals surface area contributed by atoms with Crippen LogP contribution >= 0.6 is 0 Å². The van der Waals surface area contributed by atoms with E-state index in [1.54, 1.807) is 12.3 Å². The van der Waals surface area contributed by atoms with Crippen molar-refractivity contribution < 1.29 is 4.79 Å². The quantitative estimate of drug-likeness (QED) is 0.585. The lowest BCUT2D eigenvalue weighted by Crippen LogP contribution is -2.33. The SMILES string of the molecule is CN1CCC(CNc2cccc(C(=O)NCc3ccc4c(N)nccc4c3)n2)CC1. The highest BCUT2D eigenvalue weighted by molar-refractivity contribution is 5.93. The topological polar surface area (TPSA) is 96.2 Å². The molecular weight excluding hydrogens is 376 g/mol. The van der Waals surface area contributed by atoms with Crippen molar-refractivity contribution in [2.24, 2.45) is 5.92 Å². The Morgan fingerprint density at radius 2 is 2.03 bits per heavy atom. The van der Waals surface area contributed by atoms with E-state index >= 15 is 0 Å². The van der Waals surface area contributed by atoms with Crippen LogP contribution in [0.2, 0.25) is 0 Å². The number of fused-ring (bicyclic) bond motifs is 1. The summed E-state index contributed by atoms with van der Waals surface area (Å²) in [5, 5.41) is 8.27. The molecule has 0 unspecified atom stereocenters. The van der Waals surface area contributed by atoms with E-state index in [1.807, 2.05) is 36.4 Å². The van der Waals surface area contributed by atoms with Gasteiger partial charge in [-0.2, -0.15) is 0 Å². The van der Waals surface area contributed by atoms with Crippen molar-refractivity contribution in [1.29, 1.82) is 0 Å². The van der Waals surface area contributed by atoms with Gasteiger partial charge in [-0.1, -0.05) is 18.2 Å². The Kier molecular flexibility index (Phi) is 6.09. The number of carbonyl (C=O) groups excluding carboxylic acids is 1. The van der Waals surface area contributed by atoms with Crippen molar-refractivity contribution in [3.8, 4) is 0 Å². The number of pyridine rings is 2. The van der Waals surface area contributed by atoms with Crippen LogP contribution in [0.15, 0.2) is 48.7 Å².